The number of hydrogen-bond donors (Lipinski definition) is 1. The van der Waals surface area contributed by atoms with Crippen molar-refractivity contribution in [3.63, 3.8) is 0 Å². The molecule has 8 heteroatoms. The molecule has 0 spiro atoms. The standard InChI is InChI=1S/C17H22N4O3S/c1-20-12-18-10-16(20)17(22)19-13-4-3-9-21(11-13)14-5-7-15(8-6-14)25(2,23)24/h5-8,10,12-13H,3-4,9,11H2,1-2H3,(H,19,22). The summed E-state index contributed by atoms with van der Waals surface area (Å²) < 4.78 is 24.8. The molecule has 1 fully saturated rings. The molecule has 1 N–H and O–H groups in total. The number of hydrogen-bond acceptors (Lipinski definition) is 5. The number of amides is 1. The monoisotopic (exact) mass is 362 g/mol. The first-order chi connectivity index (χ1) is 11.8. The van der Waals surface area contributed by atoms with Gasteiger partial charge in [-0.05, 0) is 37.1 Å². The Morgan fingerprint density at radius 3 is 2.60 bits per heavy atom. The number of aromatic nitrogens is 2. The number of anilines is 1. The third-order valence-electron chi connectivity index (χ3n) is 4.44. The number of piperidine rings is 1. The predicted molar refractivity (Wildman–Crippen MR) is 95.5 cm³/mol. The zero-order valence-electron chi connectivity index (χ0n) is 14.3. The van der Waals surface area contributed by atoms with E-state index in [1.54, 1.807) is 36.3 Å². The maximum Gasteiger partial charge on any atom is 0.269 e. The molecular weight excluding hydrogens is 340 g/mol. The number of carbonyl (C=O) groups is 1. The van der Waals surface area contributed by atoms with Gasteiger partial charge in [0.1, 0.15) is 5.69 Å². The zero-order chi connectivity index (χ0) is 18.0. The van der Waals surface area contributed by atoms with Gasteiger partial charge in [-0.15, -0.1) is 0 Å². The smallest absolute Gasteiger partial charge is 0.269 e. The molecule has 1 aromatic heterocycles. The lowest BCUT2D eigenvalue weighted by Gasteiger charge is -2.34. The fourth-order valence-corrected chi connectivity index (χ4v) is 3.70. The molecule has 3 rings (SSSR count). The van der Waals surface area contributed by atoms with Crippen molar-refractivity contribution < 1.29 is 13.2 Å². The van der Waals surface area contributed by atoms with Crippen LogP contribution in [0.15, 0.2) is 41.7 Å². The quantitative estimate of drug-likeness (QED) is 0.884. The predicted octanol–water partition coefficient (Wildman–Crippen LogP) is 1.22. The van der Waals surface area contributed by atoms with Crippen LogP contribution in [0.2, 0.25) is 0 Å². The Morgan fingerprint density at radius 1 is 1.28 bits per heavy atom. The van der Waals surface area contributed by atoms with E-state index in [0.29, 0.717) is 17.1 Å². The summed E-state index contributed by atoms with van der Waals surface area (Å²) in [7, 11) is -1.40. The van der Waals surface area contributed by atoms with E-state index in [4.69, 9.17) is 0 Å². The highest BCUT2D eigenvalue weighted by molar-refractivity contribution is 7.90. The molecular formula is C17H22N4O3S. The van der Waals surface area contributed by atoms with Gasteiger partial charge in [-0.1, -0.05) is 0 Å². The van der Waals surface area contributed by atoms with E-state index in [0.717, 1.165) is 25.1 Å². The van der Waals surface area contributed by atoms with Crippen molar-refractivity contribution in [2.75, 3.05) is 24.2 Å². The van der Waals surface area contributed by atoms with Crippen LogP contribution in [0.5, 0.6) is 0 Å². The molecule has 2 heterocycles. The van der Waals surface area contributed by atoms with Gasteiger partial charge in [0.15, 0.2) is 9.84 Å². The molecule has 0 aliphatic carbocycles. The van der Waals surface area contributed by atoms with E-state index < -0.39 is 9.84 Å². The summed E-state index contributed by atoms with van der Waals surface area (Å²) in [4.78, 5) is 18.8. The first-order valence-corrected chi connectivity index (χ1v) is 10.1. The second-order valence-electron chi connectivity index (χ2n) is 6.41. The molecule has 1 aromatic carbocycles. The summed E-state index contributed by atoms with van der Waals surface area (Å²) >= 11 is 0. The average Bonchev–Trinajstić information content (AvgIpc) is 3.01. The minimum atomic E-state index is -3.19. The maximum atomic E-state index is 12.3. The highest BCUT2D eigenvalue weighted by Gasteiger charge is 2.23. The fourth-order valence-electron chi connectivity index (χ4n) is 3.07. The molecule has 1 amide bonds. The van der Waals surface area contributed by atoms with Gasteiger partial charge in [0.25, 0.3) is 5.91 Å². The van der Waals surface area contributed by atoms with Gasteiger partial charge < -0.3 is 14.8 Å². The van der Waals surface area contributed by atoms with Crippen LogP contribution in [0.1, 0.15) is 23.3 Å². The lowest BCUT2D eigenvalue weighted by Crippen LogP contribution is -2.48. The van der Waals surface area contributed by atoms with Gasteiger partial charge in [0.05, 0.1) is 17.4 Å². The first kappa shape index (κ1) is 17.5. The zero-order valence-corrected chi connectivity index (χ0v) is 15.2. The molecule has 1 atom stereocenters. The van der Waals surface area contributed by atoms with Gasteiger partial charge >= 0.3 is 0 Å². The van der Waals surface area contributed by atoms with Crippen LogP contribution in [-0.4, -0.2) is 49.3 Å². The van der Waals surface area contributed by atoms with Gasteiger partial charge in [0.2, 0.25) is 0 Å². The SMILES string of the molecule is Cn1cncc1C(=O)NC1CCCN(c2ccc(S(C)(=O)=O)cc2)C1. The molecule has 0 radical (unpaired) electrons. The number of aryl methyl sites for hydroxylation is 1. The van der Waals surface area contributed by atoms with Crippen molar-refractivity contribution in [2.45, 2.75) is 23.8 Å². The van der Waals surface area contributed by atoms with Crippen LogP contribution >= 0.6 is 0 Å². The minimum Gasteiger partial charge on any atom is -0.369 e. The van der Waals surface area contributed by atoms with Crippen LogP contribution in [0.3, 0.4) is 0 Å². The summed E-state index contributed by atoms with van der Waals surface area (Å²) in [5.74, 6) is -0.126. The third-order valence-corrected chi connectivity index (χ3v) is 5.56. The molecule has 1 aliphatic rings. The van der Waals surface area contributed by atoms with E-state index in [-0.39, 0.29) is 11.9 Å². The van der Waals surface area contributed by atoms with Crippen molar-refractivity contribution in [2.24, 2.45) is 7.05 Å². The molecule has 1 aliphatic heterocycles. The van der Waals surface area contributed by atoms with Crippen molar-refractivity contribution in [3.05, 3.63) is 42.5 Å². The Balaban J connectivity index is 1.67. The molecule has 0 saturated carbocycles. The maximum absolute atomic E-state index is 12.3. The van der Waals surface area contributed by atoms with Crippen molar-refractivity contribution in [1.29, 1.82) is 0 Å². The summed E-state index contributed by atoms with van der Waals surface area (Å²) in [6.07, 6.45) is 6.24. The van der Waals surface area contributed by atoms with Gasteiger partial charge in [-0.25, -0.2) is 13.4 Å². The lowest BCUT2D eigenvalue weighted by atomic mass is 10.0. The van der Waals surface area contributed by atoms with Gasteiger partial charge in [0, 0.05) is 38.1 Å². The van der Waals surface area contributed by atoms with Crippen LogP contribution < -0.4 is 10.2 Å². The van der Waals surface area contributed by atoms with E-state index in [2.05, 4.69) is 15.2 Å². The Labute approximate surface area is 147 Å². The topological polar surface area (TPSA) is 84.3 Å². The number of nitrogens with one attached hydrogen (secondary N) is 1. The second kappa shape index (κ2) is 6.87. The van der Waals surface area contributed by atoms with E-state index >= 15 is 0 Å². The van der Waals surface area contributed by atoms with Gasteiger partial charge in [-0.3, -0.25) is 4.79 Å². The van der Waals surface area contributed by atoms with Crippen LogP contribution in [0.25, 0.3) is 0 Å². The fraction of sp³-hybridized carbons (Fsp3) is 0.412. The molecule has 134 valence electrons. The molecule has 2 aromatic rings. The van der Waals surface area contributed by atoms with Crippen LogP contribution in [0, 0.1) is 0 Å². The van der Waals surface area contributed by atoms with Crippen molar-refractivity contribution >= 4 is 21.4 Å². The first-order valence-electron chi connectivity index (χ1n) is 8.17. The Morgan fingerprint density at radius 2 is 2.00 bits per heavy atom. The number of sulfone groups is 1. The summed E-state index contributed by atoms with van der Waals surface area (Å²) in [6, 6.07) is 6.94. The van der Waals surface area contributed by atoms with Crippen LogP contribution in [-0.2, 0) is 16.9 Å². The highest BCUT2D eigenvalue weighted by Crippen LogP contribution is 2.22. The third kappa shape index (κ3) is 4.01. The Hall–Kier alpha value is -2.35. The molecule has 1 saturated heterocycles. The van der Waals surface area contributed by atoms with E-state index in [1.807, 2.05) is 12.1 Å². The molecule has 1 unspecified atom stereocenters. The summed E-state index contributed by atoms with van der Waals surface area (Å²) in [5, 5.41) is 3.06. The van der Waals surface area contributed by atoms with Crippen LogP contribution in [0.4, 0.5) is 5.69 Å². The van der Waals surface area contributed by atoms with Crippen molar-refractivity contribution in [1.82, 2.24) is 14.9 Å². The number of carbonyl (C=O) groups excluding carboxylic acids is 1. The summed E-state index contributed by atoms with van der Waals surface area (Å²) in [6.45, 7) is 1.58. The lowest BCUT2D eigenvalue weighted by molar-refractivity contribution is 0.0925. The number of rotatable bonds is 4. The Kier molecular flexibility index (Phi) is 4.80. The van der Waals surface area contributed by atoms with E-state index in [9.17, 15) is 13.2 Å². The number of benzene rings is 1. The molecule has 7 nitrogen and oxygen atoms in total. The van der Waals surface area contributed by atoms with Crippen molar-refractivity contribution in [3.8, 4) is 0 Å². The molecule has 25 heavy (non-hydrogen) atoms. The number of imidazole rings is 1. The minimum absolute atomic E-state index is 0.0470. The van der Waals surface area contributed by atoms with E-state index in [1.165, 1.54) is 6.26 Å². The number of nitrogens with zero attached hydrogens (tertiary/aromatic N) is 3. The second-order valence-corrected chi connectivity index (χ2v) is 8.43. The highest BCUT2D eigenvalue weighted by atomic mass is 32.2. The normalized spacial score (nSPS) is 18.2. The largest absolute Gasteiger partial charge is 0.369 e. The average molecular weight is 362 g/mol. The molecule has 0 bridgehead atoms. The summed E-state index contributed by atoms with van der Waals surface area (Å²) in [5.41, 5.74) is 1.50. The Bertz CT molecular complexity index is 858. The van der Waals surface area contributed by atoms with Gasteiger partial charge in [-0.2, -0.15) is 0 Å².